The predicted molar refractivity (Wildman–Crippen MR) is 87.2 cm³/mol. The van der Waals surface area contributed by atoms with Gasteiger partial charge in [-0.3, -0.25) is 4.99 Å². The quantitative estimate of drug-likeness (QED) is 0.435. The number of hydrogen-bond acceptors (Lipinski definition) is 2. The summed E-state index contributed by atoms with van der Waals surface area (Å²) >= 11 is 0. The van der Waals surface area contributed by atoms with E-state index in [0.717, 1.165) is 19.6 Å². The van der Waals surface area contributed by atoms with Crippen LogP contribution in [-0.4, -0.2) is 43.1 Å². The monoisotopic (exact) mass is 356 g/mol. The van der Waals surface area contributed by atoms with Gasteiger partial charge in [0.15, 0.2) is 5.96 Å². The number of unbranched alkanes of at least 4 members (excludes halogenated alkanes) is 1. The average molecular weight is 356 g/mol. The maximum atomic E-state index is 5.77. The first-order valence-electron chi connectivity index (χ1n) is 6.12. The summed E-state index contributed by atoms with van der Waals surface area (Å²) in [4.78, 5) is 6.59. The van der Waals surface area contributed by atoms with Gasteiger partial charge in [-0.2, -0.15) is 0 Å². The van der Waals surface area contributed by atoms with Gasteiger partial charge in [-0.05, 0) is 40.8 Å². The lowest BCUT2D eigenvalue weighted by Crippen LogP contribution is -2.45. The highest BCUT2D eigenvalue weighted by molar-refractivity contribution is 14.0. The lowest BCUT2D eigenvalue weighted by molar-refractivity contribution is 0.337. The molecule has 0 amide bonds. The van der Waals surface area contributed by atoms with Crippen LogP contribution in [0.4, 0.5) is 0 Å². The van der Waals surface area contributed by atoms with Crippen LogP contribution in [0.2, 0.25) is 0 Å². The standard InChI is InChI=1S/C12H28N4.HI/c1-6-7-9-16(5)10-8-14-11(13)15-12(2,3)4;/h6-10H2,1-5H3,(H3,13,14,15);1H. The molecule has 0 aromatic rings. The first-order valence-corrected chi connectivity index (χ1v) is 6.12. The summed E-state index contributed by atoms with van der Waals surface area (Å²) in [6, 6.07) is 0. The Bertz CT molecular complexity index is 211. The summed E-state index contributed by atoms with van der Waals surface area (Å²) < 4.78 is 0. The highest BCUT2D eigenvalue weighted by Crippen LogP contribution is 1.97. The van der Waals surface area contributed by atoms with Crippen LogP contribution >= 0.6 is 24.0 Å². The fourth-order valence-corrected chi connectivity index (χ4v) is 1.30. The largest absolute Gasteiger partial charge is 0.370 e. The summed E-state index contributed by atoms with van der Waals surface area (Å²) in [7, 11) is 2.12. The molecule has 0 spiro atoms. The summed E-state index contributed by atoms with van der Waals surface area (Å²) in [5.74, 6) is 0.538. The molecule has 17 heavy (non-hydrogen) atoms. The second kappa shape index (κ2) is 9.94. The van der Waals surface area contributed by atoms with Crippen LogP contribution in [0, 0.1) is 0 Å². The Morgan fingerprint density at radius 1 is 1.29 bits per heavy atom. The van der Waals surface area contributed by atoms with E-state index in [1.54, 1.807) is 0 Å². The molecule has 0 aliphatic heterocycles. The van der Waals surface area contributed by atoms with Gasteiger partial charge in [-0.1, -0.05) is 13.3 Å². The van der Waals surface area contributed by atoms with E-state index in [9.17, 15) is 0 Å². The van der Waals surface area contributed by atoms with E-state index < -0.39 is 0 Å². The Hall–Kier alpha value is -0.0400. The molecule has 0 bridgehead atoms. The van der Waals surface area contributed by atoms with Crippen LogP contribution in [0.1, 0.15) is 40.5 Å². The van der Waals surface area contributed by atoms with Gasteiger partial charge in [0, 0.05) is 12.1 Å². The van der Waals surface area contributed by atoms with Gasteiger partial charge in [-0.25, -0.2) is 0 Å². The number of hydrogen-bond donors (Lipinski definition) is 2. The van der Waals surface area contributed by atoms with Crippen molar-refractivity contribution in [2.75, 3.05) is 26.7 Å². The third-order valence-electron chi connectivity index (χ3n) is 2.16. The van der Waals surface area contributed by atoms with E-state index in [0.29, 0.717) is 5.96 Å². The van der Waals surface area contributed by atoms with Crippen LogP contribution in [0.3, 0.4) is 0 Å². The highest BCUT2D eigenvalue weighted by Gasteiger charge is 2.09. The molecular formula is C12H29IN4. The van der Waals surface area contributed by atoms with Crippen LogP contribution < -0.4 is 11.1 Å². The van der Waals surface area contributed by atoms with Gasteiger partial charge in [0.05, 0.1) is 6.54 Å². The van der Waals surface area contributed by atoms with Crippen molar-refractivity contribution in [3.8, 4) is 0 Å². The smallest absolute Gasteiger partial charge is 0.189 e. The highest BCUT2D eigenvalue weighted by atomic mass is 127. The average Bonchev–Trinajstić information content (AvgIpc) is 2.11. The maximum absolute atomic E-state index is 5.77. The van der Waals surface area contributed by atoms with Gasteiger partial charge in [0.25, 0.3) is 0 Å². The molecule has 0 aliphatic rings. The van der Waals surface area contributed by atoms with Crippen molar-refractivity contribution >= 4 is 29.9 Å². The number of aliphatic imine (C=N–C) groups is 1. The molecule has 0 heterocycles. The molecule has 0 atom stereocenters. The third-order valence-corrected chi connectivity index (χ3v) is 2.16. The fraction of sp³-hybridized carbons (Fsp3) is 0.917. The number of rotatable bonds is 6. The lowest BCUT2D eigenvalue weighted by atomic mass is 10.1. The minimum absolute atomic E-state index is 0. The molecule has 0 unspecified atom stereocenters. The molecule has 0 radical (unpaired) electrons. The second-order valence-corrected chi connectivity index (χ2v) is 5.30. The van der Waals surface area contributed by atoms with E-state index in [-0.39, 0.29) is 29.5 Å². The molecule has 5 heteroatoms. The van der Waals surface area contributed by atoms with Crippen LogP contribution in [0.5, 0.6) is 0 Å². The minimum atomic E-state index is -0.0122. The fourth-order valence-electron chi connectivity index (χ4n) is 1.30. The lowest BCUT2D eigenvalue weighted by Gasteiger charge is -2.21. The van der Waals surface area contributed by atoms with Gasteiger partial charge < -0.3 is 16.0 Å². The molecule has 0 aromatic carbocycles. The molecule has 0 rings (SSSR count). The van der Waals surface area contributed by atoms with Crippen molar-refractivity contribution in [1.29, 1.82) is 0 Å². The summed E-state index contributed by atoms with van der Waals surface area (Å²) in [5, 5.41) is 3.15. The molecule has 0 fully saturated rings. The first kappa shape index (κ1) is 19.3. The number of likely N-dealkylation sites (N-methyl/N-ethyl adjacent to an activating group) is 1. The topological polar surface area (TPSA) is 53.6 Å². The Balaban J connectivity index is 0. The number of halogens is 1. The Morgan fingerprint density at radius 3 is 2.35 bits per heavy atom. The zero-order valence-corrected chi connectivity index (χ0v) is 14.2. The molecule has 0 saturated carbocycles. The number of nitrogens with zero attached hydrogens (tertiary/aromatic N) is 2. The van der Waals surface area contributed by atoms with E-state index in [1.165, 1.54) is 12.8 Å². The van der Waals surface area contributed by atoms with Crippen molar-refractivity contribution in [1.82, 2.24) is 10.2 Å². The number of guanidine groups is 1. The van der Waals surface area contributed by atoms with E-state index in [2.05, 4.69) is 50.0 Å². The van der Waals surface area contributed by atoms with Crippen molar-refractivity contribution in [2.45, 2.75) is 46.1 Å². The zero-order chi connectivity index (χ0) is 12.6. The molecule has 0 saturated heterocycles. The van der Waals surface area contributed by atoms with Crippen molar-refractivity contribution in [3.63, 3.8) is 0 Å². The molecule has 104 valence electrons. The normalized spacial score (nSPS) is 12.5. The summed E-state index contributed by atoms with van der Waals surface area (Å²) in [5.41, 5.74) is 5.75. The van der Waals surface area contributed by atoms with Crippen LogP contribution in [0.15, 0.2) is 4.99 Å². The van der Waals surface area contributed by atoms with Crippen LogP contribution in [-0.2, 0) is 0 Å². The molecule has 0 aliphatic carbocycles. The first-order chi connectivity index (χ1) is 7.35. The zero-order valence-electron chi connectivity index (χ0n) is 11.9. The van der Waals surface area contributed by atoms with Gasteiger partial charge in [0.1, 0.15) is 0 Å². The molecule has 4 nitrogen and oxygen atoms in total. The Labute approximate surface area is 123 Å². The second-order valence-electron chi connectivity index (χ2n) is 5.30. The molecule has 3 N–H and O–H groups in total. The third kappa shape index (κ3) is 13.9. The van der Waals surface area contributed by atoms with Crippen molar-refractivity contribution in [2.24, 2.45) is 10.7 Å². The van der Waals surface area contributed by atoms with Crippen LogP contribution in [0.25, 0.3) is 0 Å². The van der Waals surface area contributed by atoms with E-state index in [4.69, 9.17) is 5.73 Å². The van der Waals surface area contributed by atoms with E-state index in [1.807, 2.05) is 0 Å². The van der Waals surface area contributed by atoms with Gasteiger partial charge in [-0.15, -0.1) is 24.0 Å². The van der Waals surface area contributed by atoms with Crippen molar-refractivity contribution < 1.29 is 0 Å². The predicted octanol–water partition coefficient (Wildman–Crippen LogP) is 2.04. The van der Waals surface area contributed by atoms with Crippen molar-refractivity contribution in [3.05, 3.63) is 0 Å². The maximum Gasteiger partial charge on any atom is 0.189 e. The Kier molecular flexibility index (Phi) is 11.3. The molecular weight excluding hydrogens is 327 g/mol. The number of nitrogens with two attached hydrogens (primary N) is 1. The molecule has 0 aromatic heterocycles. The summed E-state index contributed by atoms with van der Waals surface area (Å²) in [6.45, 7) is 11.3. The summed E-state index contributed by atoms with van der Waals surface area (Å²) in [6.07, 6.45) is 2.48. The van der Waals surface area contributed by atoms with E-state index >= 15 is 0 Å². The van der Waals surface area contributed by atoms with Gasteiger partial charge in [0.2, 0.25) is 0 Å². The minimum Gasteiger partial charge on any atom is -0.370 e. The Morgan fingerprint density at radius 2 is 1.88 bits per heavy atom. The van der Waals surface area contributed by atoms with Gasteiger partial charge >= 0.3 is 0 Å². The SMILES string of the molecule is CCCCN(C)CCN=C(N)NC(C)(C)C.I. The number of nitrogens with one attached hydrogen (secondary N) is 1.